The average molecular weight is 375 g/mol. The molecule has 1 heterocycles. The van der Waals surface area contributed by atoms with Gasteiger partial charge in [-0.25, -0.2) is 8.42 Å². The summed E-state index contributed by atoms with van der Waals surface area (Å²) >= 11 is 3.05. The van der Waals surface area contributed by atoms with E-state index in [2.05, 4.69) is 20.9 Å². The summed E-state index contributed by atoms with van der Waals surface area (Å²) in [5.41, 5.74) is 0. The predicted octanol–water partition coefficient (Wildman–Crippen LogP) is 3.20. The Bertz CT molecular complexity index is 549. The van der Waals surface area contributed by atoms with Crippen LogP contribution in [-0.4, -0.2) is 37.0 Å². The minimum atomic E-state index is -4.58. The molecule has 0 spiro atoms. The monoisotopic (exact) mass is 374 g/mol. The van der Waals surface area contributed by atoms with E-state index >= 15 is 0 Å². The van der Waals surface area contributed by atoms with E-state index in [4.69, 9.17) is 0 Å². The molecule has 9 heteroatoms. The van der Waals surface area contributed by atoms with Crippen molar-refractivity contribution in [3.05, 3.63) is 22.9 Å². The van der Waals surface area contributed by atoms with E-state index in [1.54, 1.807) is 6.92 Å². The van der Waals surface area contributed by atoms with Gasteiger partial charge in [-0.15, -0.1) is 0 Å². The Kier molecular flexibility index (Phi) is 5.96. The quantitative estimate of drug-likeness (QED) is 0.768. The number of sulfonamides is 1. The molecule has 0 aromatic carbocycles. The summed E-state index contributed by atoms with van der Waals surface area (Å²) < 4.78 is 62.9. The zero-order valence-corrected chi connectivity index (χ0v) is 13.1. The second-order valence-electron chi connectivity index (χ2n) is 4.15. The van der Waals surface area contributed by atoms with Crippen molar-refractivity contribution in [1.29, 1.82) is 0 Å². The van der Waals surface area contributed by atoms with Gasteiger partial charge in [-0.05, 0) is 28.4 Å². The molecule has 0 aliphatic carbocycles. The van der Waals surface area contributed by atoms with Gasteiger partial charge in [0.2, 0.25) is 10.0 Å². The number of nitrogens with zero attached hydrogens (tertiary/aromatic N) is 2. The van der Waals surface area contributed by atoms with Crippen LogP contribution in [0.25, 0.3) is 0 Å². The van der Waals surface area contributed by atoms with Gasteiger partial charge in [0.25, 0.3) is 0 Å². The first-order valence-corrected chi connectivity index (χ1v) is 8.07. The summed E-state index contributed by atoms with van der Waals surface area (Å²) in [6.45, 7) is 0.103. The lowest BCUT2D eigenvalue weighted by Crippen LogP contribution is -2.39. The fraction of sp³-hybridized carbons (Fsp3) is 0.545. The molecule has 0 aliphatic rings. The molecule has 0 aliphatic heterocycles. The number of hydrogen-bond acceptors (Lipinski definition) is 3. The number of rotatable bonds is 6. The van der Waals surface area contributed by atoms with Crippen LogP contribution in [-0.2, 0) is 10.0 Å². The standard InChI is InChI=1S/C11H14BrF3N2O2S/c1-2-3-4-17(8-11(13,14)15)20(18,19)10-5-9(12)6-16-7-10/h5-7H,2-4,8H2,1H3. The van der Waals surface area contributed by atoms with Crippen LogP contribution in [0.2, 0.25) is 0 Å². The third-order valence-corrected chi connectivity index (χ3v) is 4.68. The summed E-state index contributed by atoms with van der Waals surface area (Å²) in [5, 5.41) is 0. The number of aromatic nitrogens is 1. The van der Waals surface area contributed by atoms with Crippen molar-refractivity contribution < 1.29 is 21.6 Å². The molecule has 0 radical (unpaired) electrons. The van der Waals surface area contributed by atoms with E-state index in [1.807, 2.05) is 0 Å². The van der Waals surface area contributed by atoms with Gasteiger partial charge >= 0.3 is 6.18 Å². The maximum absolute atomic E-state index is 12.5. The molecule has 0 atom stereocenters. The van der Waals surface area contributed by atoms with Crippen LogP contribution in [0.4, 0.5) is 13.2 Å². The molecule has 1 rings (SSSR count). The molecular weight excluding hydrogens is 361 g/mol. The lowest BCUT2D eigenvalue weighted by molar-refractivity contribution is -0.136. The molecule has 1 aromatic heterocycles. The van der Waals surface area contributed by atoms with Gasteiger partial charge in [0.15, 0.2) is 0 Å². The van der Waals surface area contributed by atoms with Crippen LogP contribution in [0.5, 0.6) is 0 Å². The molecular formula is C11H14BrF3N2O2S. The van der Waals surface area contributed by atoms with Crippen LogP contribution in [0.1, 0.15) is 19.8 Å². The van der Waals surface area contributed by atoms with Crippen molar-refractivity contribution in [2.75, 3.05) is 13.1 Å². The first kappa shape index (κ1) is 17.4. The molecule has 20 heavy (non-hydrogen) atoms. The predicted molar refractivity (Wildman–Crippen MR) is 71.7 cm³/mol. The number of unbranched alkanes of at least 4 members (excludes halogenated alkanes) is 1. The highest BCUT2D eigenvalue weighted by Crippen LogP contribution is 2.24. The van der Waals surface area contributed by atoms with Crippen molar-refractivity contribution in [3.63, 3.8) is 0 Å². The molecule has 0 saturated carbocycles. The summed E-state index contributed by atoms with van der Waals surface area (Å²) in [6, 6.07) is 1.23. The Labute approximate surface area is 124 Å². The molecule has 4 nitrogen and oxygen atoms in total. The van der Waals surface area contributed by atoms with Crippen LogP contribution < -0.4 is 0 Å². The SMILES string of the molecule is CCCCN(CC(F)(F)F)S(=O)(=O)c1cncc(Br)c1. The van der Waals surface area contributed by atoms with Crippen molar-refractivity contribution in [2.24, 2.45) is 0 Å². The number of alkyl halides is 3. The van der Waals surface area contributed by atoms with Crippen molar-refractivity contribution >= 4 is 26.0 Å². The van der Waals surface area contributed by atoms with Gasteiger partial charge in [0.05, 0.1) is 0 Å². The molecule has 0 N–H and O–H groups in total. The fourth-order valence-corrected chi connectivity index (χ4v) is 3.47. The lowest BCUT2D eigenvalue weighted by Gasteiger charge is -2.23. The maximum Gasteiger partial charge on any atom is 0.402 e. The zero-order valence-electron chi connectivity index (χ0n) is 10.7. The van der Waals surface area contributed by atoms with E-state index in [0.717, 1.165) is 6.20 Å². The Morgan fingerprint density at radius 1 is 1.35 bits per heavy atom. The van der Waals surface area contributed by atoms with Crippen molar-refractivity contribution in [3.8, 4) is 0 Å². The van der Waals surface area contributed by atoms with E-state index in [-0.39, 0.29) is 11.4 Å². The van der Waals surface area contributed by atoms with Crippen molar-refractivity contribution in [1.82, 2.24) is 9.29 Å². The Morgan fingerprint density at radius 3 is 2.50 bits per heavy atom. The minimum absolute atomic E-state index is 0.176. The second-order valence-corrected chi connectivity index (χ2v) is 7.00. The van der Waals surface area contributed by atoms with Gasteiger partial charge in [-0.1, -0.05) is 13.3 Å². The molecule has 0 fully saturated rings. The lowest BCUT2D eigenvalue weighted by atomic mass is 10.3. The Balaban J connectivity index is 3.10. The molecule has 0 bridgehead atoms. The summed E-state index contributed by atoms with van der Waals surface area (Å²) in [5.74, 6) is 0. The van der Waals surface area contributed by atoms with Gasteiger partial charge in [-0.2, -0.15) is 17.5 Å². The minimum Gasteiger partial charge on any atom is -0.262 e. The highest BCUT2D eigenvalue weighted by molar-refractivity contribution is 9.10. The number of pyridine rings is 1. The van der Waals surface area contributed by atoms with Crippen LogP contribution in [0.3, 0.4) is 0 Å². The first-order chi connectivity index (χ1) is 9.16. The maximum atomic E-state index is 12.5. The third-order valence-electron chi connectivity index (χ3n) is 2.43. The molecule has 0 unspecified atom stereocenters. The topological polar surface area (TPSA) is 50.3 Å². The van der Waals surface area contributed by atoms with Gasteiger partial charge in [0.1, 0.15) is 11.4 Å². The number of hydrogen-bond donors (Lipinski definition) is 0. The smallest absolute Gasteiger partial charge is 0.262 e. The van der Waals surface area contributed by atoms with E-state index in [0.29, 0.717) is 21.6 Å². The normalized spacial score (nSPS) is 12.9. The van der Waals surface area contributed by atoms with Gasteiger partial charge in [-0.3, -0.25) is 4.98 Å². The van der Waals surface area contributed by atoms with E-state index in [1.165, 1.54) is 12.3 Å². The first-order valence-electron chi connectivity index (χ1n) is 5.84. The van der Waals surface area contributed by atoms with Crippen LogP contribution >= 0.6 is 15.9 Å². The average Bonchev–Trinajstić information content (AvgIpc) is 2.33. The summed E-state index contributed by atoms with van der Waals surface area (Å²) in [7, 11) is -4.21. The van der Waals surface area contributed by atoms with E-state index < -0.39 is 22.7 Å². The molecule has 1 aromatic rings. The molecule has 114 valence electrons. The zero-order chi connectivity index (χ0) is 15.4. The van der Waals surface area contributed by atoms with Crippen LogP contribution in [0, 0.1) is 0 Å². The summed E-state index contributed by atoms with van der Waals surface area (Å²) in [4.78, 5) is 3.42. The van der Waals surface area contributed by atoms with Gasteiger partial charge in [0, 0.05) is 23.4 Å². The highest BCUT2D eigenvalue weighted by atomic mass is 79.9. The number of halogens is 4. The third kappa shape index (κ3) is 5.02. The second kappa shape index (κ2) is 6.86. The summed E-state index contributed by atoms with van der Waals surface area (Å²) in [6.07, 6.45) is -1.23. The van der Waals surface area contributed by atoms with E-state index in [9.17, 15) is 21.6 Å². The molecule has 0 amide bonds. The van der Waals surface area contributed by atoms with Crippen molar-refractivity contribution in [2.45, 2.75) is 30.8 Å². The largest absolute Gasteiger partial charge is 0.402 e. The fourth-order valence-electron chi connectivity index (χ4n) is 1.50. The Morgan fingerprint density at radius 2 is 2.00 bits per heavy atom. The molecule has 0 saturated heterocycles. The van der Waals surface area contributed by atoms with Gasteiger partial charge < -0.3 is 0 Å². The highest BCUT2D eigenvalue weighted by Gasteiger charge is 2.36. The van der Waals surface area contributed by atoms with Crippen LogP contribution in [0.15, 0.2) is 27.8 Å². The Hall–Kier alpha value is -0.670.